The lowest BCUT2D eigenvalue weighted by atomic mass is 9.71. The van der Waals surface area contributed by atoms with E-state index in [1.54, 1.807) is 4.90 Å². The molecular formula is C15H20F3N3O2. The number of carbonyl (C=O) groups is 1. The lowest BCUT2D eigenvalue weighted by Gasteiger charge is -2.41. The first-order chi connectivity index (χ1) is 10.7. The van der Waals surface area contributed by atoms with Gasteiger partial charge in [0.05, 0.1) is 6.10 Å². The molecule has 1 saturated carbocycles. The zero-order valence-electron chi connectivity index (χ0n) is 12.9. The van der Waals surface area contributed by atoms with Gasteiger partial charge in [0.2, 0.25) is 5.91 Å². The summed E-state index contributed by atoms with van der Waals surface area (Å²) in [6, 6.07) is 0.925. The van der Waals surface area contributed by atoms with E-state index in [0.29, 0.717) is 19.4 Å². The van der Waals surface area contributed by atoms with E-state index in [2.05, 4.69) is 12.0 Å². The lowest BCUT2D eigenvalue weighted by molar-refractivity contribution is -0.142. The van der Waals surface area contributed by atoms with Gasteiger partial charge in [0.25, 0.3) is 0 Å². The molecule has 128 valence electrons. The maximum absolute atomic E-state index is 12.6. The number of aliphatic hydroxyl groups excluding tert-OH is 1. The molecular weight excluding hydrogens is 311 g/mol. The number of nitrogens with zero attached hydrogens (tertiary/aromatic N) is 3. The molecule has 0 aromatic carbocycles. The fourth-order valence-electron chi connectivity index (χ4n) is 3.94. The van der Waals surface area contributed by atoms with Crippen molar-refractivity contribution >= 4 is 5.91 Å². The highest BCUT2D eigenvalue weighted by atomic mass is 19.4. The molecule has 1 aliphatic heterocycles. The molecule has 0 unspecified atom stereocenters. The summed E-state index contributed by atoms with van der Waals surface area (Å²) in [5.74, 6) is -0.216. The summed E-state index contributed by atoms with van der Waals surface area (Å²) in [6.45, 7) is 2.47. The first-order valence-electron chi connectivity index (χ1n) is 7.77. The summed E-state index contributed by atoms with van der Waals surface area (Å²) in [5, 5.41) is 13.3. The van der Waals surface area contributed by atoms with Crippen LogP contribution >= 0.6 is 0 Å². The van der Waals surface area contributed by atoms with Crippen LogP contribution in [0.2, 0.25) is 0 Å². The fourth-order valence-corrected chi connectivity index (χ4v) is 3.94. The van der Waals surface area contributed by atoms with Crippen molar-refractivity contribution in [3.05, 3.63) is 18.0 Å². The molecule has 2 aliphatic rings. The largest absolute Gasteiger partial charge is 0.435 e. The minimum Gasteiger partial charge on any atom is -0.393 e. The van der Waals surface area contributed by atoms with Gasteiger partial charge in [-0.1, -0.05) is 6.92 Å². The number of alkyl halides is 3. The molecule has 1 amide bonds. The first kappa shape index (κ1) is 16.3. The van der Waals surface area contributed by atoms with Gasteiger partial charge < -0.3 is 10.0 Å². The summed E-state index contributed by atoms with van der Waals surface area (Å²) in [7, 11) is 0. The molecule has 2 fully saturated rings. The van der Waals surface area contributed by atoms with Crippen molar-refractivity contribution in [3.8, 4) is 0 Å². The van der Waals surface area contributed by atoms with Gasteiger partial charge in [-0.05, 0) is 37.2 Å². The van der Waals surface area contributed by atoms with Gasteiger partial charge in [-0.2, -0.15) is 18.3 Å². The van der Waals surface area contributed by atoms with Gasteiger partial charge in [0.1, 0.15) is 6.54 Å². The molecule has 1 aromatic heterocycles. The van der Waals surface area contributed by atoms with Gasteiger partial charge in [0, 0.05) is 18.8 Å². The van der Waals surface area contributed by atoms with Crippen molar-refractivity contribution in [1.29, 1.82) is 0 Å². The zero-order valence-corrected chi connectivity index (χ0v) is 12.9. The van der Waals surface area contributed by atoms with Crippen LogP contribution in [0, 0.1) is 5.41 Å². The van der Waals surface area contributed by atoms with E-state index >= 15 is 0 Å². The van der Waals surface area contributed by atoms with Crippen LogP contribution in [0.15, 0.2) is 12.3 Å². The van der Waals surface area contributed by atoms with Crippen LogP contribution in [0.25, 0.3) is 0 Å². The molecule has 1 aromatic rings. The van der Waals surface area contributed by atoms with E-state index in [1.807, 2.05) is 0 Å². The molecule has 1 N–H and O–H groups in total. The Morgan fingerprint density at radius 1 is 1.48 bits per heavy atom. The van der Waals surface area contributed by atoms with Crippen LogP contribution in [0.1, 0.15) is 38.3 Å². The van der Waals surface area contributed by atoms with Crippen molar-refractivity contribution in [3.63, 3.8) is 0 Å². The fraction of sp³-hybridized carbons (Fsp3) is 0.733. The Morgan fingerprint density at radius 2 is 2.22 bits per heavy atom. The number of aliphatic hydroxyl groups is 1. The minimum atomic E-state index is -4.50. The Kier molecular flexibility index (Phi) is 3.90. The number of rotatable bonds is 2. The van der Waals surface area contributed by atoms with E-state index in [0.717, 1.165) is 23.6 Å². The average molecular weight is 331 g/mol. The van der Waals surface area contributed by atoms with Crippen LogP contribution in [-0.4, -0.2) is 44.4 Å². The number of hydrogen-bond acceptors (Lipinski definition) is 3. The Morgan fingerprint density at radius 3 is 2.87 bits per heavy atom. The van der Waals surface area contributed by atoms with Gasteiger partial charge in [-0.25, -0.2) is 0 Å². The van der Waals surface area contributed by atoms with Crippen LogP contribution in [-0.2, 0) is 17.5 Å². The summed E-state index contributed by atoms with van der Waals surface area (Å²) >= 11 is 0. The van der Waals surface area contributed by atoms with Crippen LogP contribution in [0.4, 0.5) is 13.2 Å². The SMILES string of the molecule is C[C@@]12CCN(C(=O)Cn3ccc(C(F)(F)F)n3)[C@@H]1CC[C@@H](O)C2. The van der Waals surface area contributed by atoms with E-state index < -0.39 is 11.9 Å². The zero-order chi connectivity index (χ0) is 16.8. The highest BCUT2D eigenvalue weighted by molar-refractivity contribution is 5.76. The molecule has 0 bridgehead atoms. The van der Waals surface area contributed by atoms with Gasteiger partial charge in [-0.15, -0.1) is 0 Å². The second-order valence-electron chi connectivity index (χ2n) is 6.84. The van der Waals surface area contributed by atoms with E-state index in [9.17, 15) is 23.1 Å². The maximum Gasteiger partial charge on any atom is 0.435 e. The van der Waals surface area contributed by atoms with E-state index in [-0.39, 0.29) is 30.0 Å². The summed E-state index contributed by atoms with van der Waals surface area (Å²) in [5.41, 5.74) is -1.09. The third-order valence-electron chi connectivity index (χ3n) is 5.13. The Balaban J connectivity index is 1.68. The highest BCUT2D eigenvalue weighted by Gasteiger charge is 2.48. The second kappa shape index (κ2) is 5.51. The number of aromatic nitrogens is 2. The summed E-state index contributed by atoms with van der Waals surface area (Å²) < 4.78 is 38.7. The maximum atomic E-state index is 12.6. The molecule has 8 heteroatoms. The van der Waals surface area contributed by atoms with Gasteiger partial charge in [-0.3, -0.25) is 9.48 Å². The first-order valence-corrected chi connectivity index (χ1v) is 7.77. The molecule has 23 heavy (non-hydrogen) atoms. The number of hydrogen-bond donors (Lipinski definition) is 1. The van der Waals surface area contributed by atoms with Crippen molar-refractivity contribution < 1.29 is 23.1 Å². The molecule has 3 atom stereocenters. The molecule has 1 saturated heterocycles. The molecule has 5 nitrogen and oxygen atoms in total. The Hall–Kier alpha value is -1.57. The molecule has 2 heterocycles. The second-order valence-corrected chi connectivity index (χ2v) is 6.84. The summed E-state index contributed by atoms with van der Waals surface area (Å²) in [6.07, 6.45) is -0.776. The van der Waals surface area contributed by atoms with Gasteiger partial charge in [0.15, 0.2) is 5.69 Å². The van der Waals surface area contributed by atoms with Crippen molar-refractivity contribution in [1.82, 2.24) is 14.7 Å². The summed E-state index contributed by atoms with van der Waals surface area (Å²) in [4.78, 5) is 14.2. The number of halogens is 3. The minimum absolute atomic E-state index is 0.0519. The molecule has 1 aliphatic carbocycles. The number of likely N-dealkylation sites (tertiary alicyclic amines) is 1. The normalized spacial score (nSPS) is 31.3. The predicted molar refractivity (Wildman–Crippen MR) is 75.3 cm³/mol. The lowest BCUT2D eigenvalue weighted by Crippen LogP contribution is -2.47. The van der Waals surface area contributed by atoms with Crippen LogP contribution in [0.3, 0.4) is 0 Å². The van der Waals surface area contributed by atoms with Gasteiger partial charge >= 0.3 is 6.18 Å². The topological polar surface area (TPSA) is 58.4 Å². The number of carbonyl (C=O) groups excluding carboxylic acids is 1. The van der Waals surface area contributed by atoms with Crippen molar-refractivity contribution in [2.75, 3.05) is 6.54 Å². The number of amides is 1. The molecule has 0 radical (unpaired) electrons. The average Bonchev–Trinajstić information content (AvgIpc) is 3.01. The number of fused-ring (bicyclic) bond motifs is 1. The third-order valence-corrected chi connectivity index (χ3v) is 5.13. The monoisotopic (exact) mass is 331 g/mol. The van der Waals surface area contributed by atoms with Crippen molar-refractivity contribution in [2.45, 2.75) is 57.5 Å². The Bertz CT molecular complexity index is 601. The smallest absolute Gasteiger partial charge is 0.393 e. The van der Waals surface area contributed by atoms with Crippen LogP contribution in [0.5, 0.6) is 0 Å². The quantitative estimate of drug-likeness (QED) is 0.902. The van der Waals surface area contributed by atoms with Crippen molar-refractivity contribution in [2.24, 2.45) is 5.41 Å². The molecule has 0 spiro atoms. The Labute approximate surface area is 132 Å². The predicted octanol–water partition coefficient (Wildman–Crippen LogP) is 2.05. The van der Waals surface area contributed by atoms with E-state index in [1.165, 1.54) is 6.20 Å². The standard InChI is InChI=1S/C15H20F3N3O2/c1-14-5-7-21(12(14)3-2-10(22)8-14)13(23)9-20-6-4-11(19-20)15(16,17)18/h4,6,10,12,22H,2-3,5,7-9H2,1H3/t10-,12-,14+/m1/s1. The third kappa shape index (κ3) is 3.08. The highest BCUT2D eigenvalue weighted by Crippen LogP contribution is 2.46. The van der Waals surface area contributed by atoms with Crippen LogP contribution < -0.4 is 0 Å². The van der Waals surface area contributed by atoms with E-state index in [4.69, 9.17) is 0 Å². The molecule has 3 rings (SSSR count).